The minimum absolute atomic E-state index is 0.115. The van der Waals surface area contributed by atoms with Crippen LogP contribution in [0.2, 0.25) is 0 Å². The number of aliphatic hydroxyl groups is 1. The molecule has 120 valence electrons. The van der Waals surface area contributed by atoms with Crippen LogP contribution in [0.5, 0.6) is 0 Å². The van der Waals surface area contributed by atoms with Crippen molar-refractivity contribution in [3.63, 3.8) is 0 Å². The molecule has 0 aromatic carbocycles. The van der Waals surface area contributed by atoms with Crippen LogP contribution in [0.15, 0.2) is 30.9 Å². The molecule has 1 atom stereocenters. The highest BCUT2D eigenvalue weighted by Crippen LogP contribution is 2.18. The van der Waals surface area contributed by atoms with Gasteiger partial charge in [-0.1, -0.05) is 0 Å². The number of rotatable bonds is 7. The Morgan fingerprint density at radius 3 is 2.86 bits per heavy atom. The highest BCUT2D eigenvalue weighted by molar-refractivity contribution is 5.73. The fourth-order valence-electron chi connectivity index (χ4n) is 1.99. The summed E-state index contributed by atoms with van der Waals surface area (Å²) in [4.78, 5) is 11.7. The maximum absolute atomic E-state index is 11.7. The quantitative estimate of drug-likeness (QED) is 0.637. The predicted molar refractivity (Wildman–Crippen MR) is 81.0 cm³/mol. The van der Waals surface area contributed by atoms with E-state index in [-0.39, 0.29) is 12.6 Å². The van der Waals surface area contributed by atoms with Gasteiger partial charge in [0.2, 0.25) is 0 Å². The maximum Gasteiger partial charge on any atom is 0.314 e. The number of aryl methyl sites for hydroxylation is 2. The van der Waals surface area contributed by atoms with E-state index >= 15 is 0 Å². The molecule has 0 aliphatic heterocycles. The van der Waals surface area contributed by atoms with Crippen molar-refractivity contribution in [3.8, 4) is 0 Å². The van der Waals surface area contributed by atoms with Crippen molar-refractivity contribution in [1.82, 2.24) is 30.2 Å². The van der Waals surface area contributed by atoms with E-state index in [1.807, 2.05) is 16.9 Å². The zero-order valence-corrected chi connectivity index (χ0v) is 12.9. The number of aromatic nitrogens is 4. The van der Waals surface area contributed by atoms with Gasteiger partial charge in [-0.2, -0.15) is 10.2 Å². The Bertz CT molecular complexity index is 590. The number of nitrogens with one attached hydrogen (secondary N) is 2. The summed E-state index contributed by atoms with van der Waals surface area (Å²) in [5.41, 5.74) is -0.491. The molecule has 0 aliphatic carbocycles. The van der Waals surface area contributed by atoms with Gasteiger partial charge in [0, 0.05) is 44.3 Å². The molecule has 8 nitrogen and oxygen atoms in total. The smallest absolute Gasteiger partial charge is 0.314 e. The second-order valence-electron chi connectivity index (χ2n) is 5.41. The summed E-state index contributed by atoms with van der Waals surface area (Å²) in [6.07, 6.45) is 7.70. The summed E-state index contributed by atoms with van der Waals surface area (Å²) >= 11 is 0. The summed E-state index contributed by atoms with van der Waals surface area (Å²) < 4.78 is 3.42. The molecule has 2 heterocycles. The lowest BCUT2D eigenvalue weighted by molar-refractivity contribution is 0.0593. The lowest BCUT2D eigenvalue weighted by Crippen LogP contribution is -2.43. The van der Waals surface area contributed by atoms with Crippen molar-refractivity contribution >= 4 is 6.03 Å². The van der Waals surface area contributed by atoms with Gasteiger partial charge in [0.05, 0.1) is 12.7 Å². The summed E-state index contributed by atoms with van der Waals surface area (Å²) in [6, 6.07) is 1.56. The monoisotopic (exact) mass is 306 g/mol. The summed E-state index contributed by atoms with van der Waals surface area (Å²) in [5.74, 6) is 0. The number of carbonyl (C=O) groups excluding carboxylic acids is 1. The van der Waals surface area contributed by atoms with Crippen molar-refractivity contribution < 1.29 is 9.90 Å². The lowest BCUT2D eigenvalue weighted by atomic mass is 10.00. The van der Waals surface area contributed by atoms with Crippen LogP contribution < -0.4 is 10.6 Å². The second-order valence-corrected chi connectivity index (χ2v) is 5.41. The minimum atomic E-state index is -1.15. The molecule has 22 heavy (non-hydrogen) atoms. The zero-order chi connectivity index (χ0) is 16.0. The first-order valence-electron chi connectivity index (χ1n) is 7.18. The number of carbonyl (C=O) groups is 1. The molecule has 1 unspecified atom stereocenters. The Morgan fingerprint density at radius 1 is 1.41 bits per heavy atom. The molecule has 0 saturated carbocycles. The van der Waals surface area contributed by atoms with E-state index in [4.69, 9.17) is 0 Å². The van der Waals surface area contributed by atoms with Gasteiger partial charge >= 0.3 is 6.03 Å². The zero-order valence-electron chi connectivity index (χ0n) is 12.9. The first kappa shape index (κ1) is 16.0. The van der Waals surface area contributed by atoms with E-state index in [1.165, 1.54) is 0 Å². The van der Waals surface area contributed by atoms with Crippen molar-refractivity contribution in [1.29, 1.82) is 0 Å². The average molecular weight is 306 g/mol. The van der Waals surface area contributed by atoms with E-state index in [0.717, 1.165) is 13.0 Å². The van der Waals surface area contributed by atoms with Gasteiger partial charge in [-0.3, -0.25) is 9.36 Å². The highest BCUT2D eigenvalue weighted by atomic mass is 16.3. The fourth-order valence-corrected chi connectivity index (χ4v) is 1.99. The lowest BCUT2D eigenvalue weighted by Gasteiger charge is -2.22. The Balaban J connectivity index is 1.66. The highest BCUT2D eigenvalue weighted by Gasteiger charge is 2.25. The third kappa shape index (κ3) is 4.59. The molecule has 3 N–H and O–H groups in total. The summed E-state index contributed by atoms with van der Waals surface area (Å²) in [7, 11) is 1.78. The summed E-state index contributed by atoms with van der Waals surface area (Å²) in [6.45, 7) is 3.05. The number of hydrogen-bond donors (Lipinski definition) is 3. The fraction of sp³-hybridized carbons (Fsp3) is 0.500. The molecule has 0 fully saturated rings. The van der Waals surface area contributed by atoms with Gasteiger partial charge in [0.25, 0.3) is 0 Å². The normalized spacial score (nSPS) is 13.6. The van der Waals surface area contributed by atoms with Crippen LogP contribution in [-0.2, 0) is 19.2 Å². The molecule has 0 saturated heterocycles. The van der Waals surface area contributed by atoms with E-state index in [0.29, 0.717) is 12.1 Å². The molecule has 0 radical (unpaired) electrons. The van der Waals surface area contributed by atoms with Crippen LogP contribution in [0.3, 0.4) is 0 Å². The van der Waals surface area contributed by atoms with Gasteiger partial charge in [0.15, 0.2) is 0 Å². The van der Waals surface area contributed by atoms with Crippen molar-refractivity contribution in [3.05, 3.63) is 36.4 Å². The number of urea groups is 1. The molecule has 2 aromatic heterocycles. The third-order valence-corrected chi connectivity index (χ3v) is 3.33. The first-order chi connectivity index (χ1) is 10.5. The Morgan fingerprint density at radius 2 is 2.23 bits per heavy atom. The molecular formula is C14H22N6O2. The molecule has 2 rings (SSSR count). The van der Waals surface area contributed by atoms with Crippen LogP contribution in [-0.4, -0.2) is 43.8 Å². The van der Waals surface area contributed by atoms with Crippen molar-refractivity contribution in [2.75, 3.05) is 13.1 Å². The topological polar surface area (TPSA) is 97.0 Å². The van der Waals surface area contributed by atoms with Gasteiger partial charge in [-0.15, -0.1) is 0 Å². The van der Waals surface area contributed by atoms with Crippen LogP contribution in [0.25, 0.3) is 0 Å². The maximum atomic E-state index is 11.7. The van der Waals surface area contributed by atoms with E-state index < -0.39 is 5.60 Å². The van der Waals surface area contributed by atoms with Gasteiger partial charge in [-0.25, -0.2) is 4.79 Å². The molecule has 2 amide bonds. The average Bonchev–Trinajstić information content (AvgIpc) is 3.13. The number of hydrogen-bond acceptors (Lipinski definition) is 4. The van der Waals surface area contributed by atoms with Gasteiger partial charge in [0.1, 0.15) is 5.60 Å². The minimum Gasteiger partial charge on any atom is -0.383 e. The Hall–Kier alpha value is -2.35. The molecular weight excluding hydrogens is 284 g/mol. The van der Waals surface area contributed by atoms with Gasteiger partial charge in [-0.05, 0) is 19.4 Å². The van der Waals surface area contributed by atoms with Crippen molar-refractivity contribution in [2.45, 2.75) is 25.5 Å². The Kier molecular flexibility index (Phi) is 5.16. The van der Waals surface area contributed by atoms with Gasteiger partial charge < -0.3 is 15.7 Å². The molecule has 0 spiro atoms. The second kappa shape index (κ2) is 7.08. The molecule has 2 aromatic rings. The first-order valence-corrected chi connectivity index (χ1v) is 7.18. The van der Waals surface area contributed by atoms with E-state index in [9.17, 15) is 9.90 Å². The van der Waals surface area contributed by atoms with Crippen molar-refractivity contribution in [2.24, 2.45) is 7.05 Å². The molecule has 8 heteroatoms. The van der Waals surface area contributed by atoms with Crippen LogP contribution >= 0.6 is 0 Å². The number of nitrogens with zero attached hydrogens (tertiary/aromatic N) is 4. The van der Waals surface area contributed by atoms with E-state index in [1.54, 1.807) is 37.2 Å². The van der Waals surface area contributed by atoms with Crippen LogP contribution in [0.4, 0.5) is 4.79 Å². The molecule has 0 aliphatic rings. The van der Waals surface area contributed by atoms with E-state index in [2.05, 4.69) is 20.8 Å². The largest absolute Gasteiger partial charge is 0.383 e. The standard InChI is InChI=1S/C14H22N6O2/c1-14(22,12-9-18-19(2)10-12)11-16-13(21)15-5-3-7-20-8-4-6-17-20/h4,6,8-10,22H,3,5,7,11H2,1-2H3,(H2,15,16,21). The summed E-state index contributed by atoms with van der Waals surface area (Å²) in [5, 5.41) is 23.9. The predicted octanol–water partition coefficient (Wildman–Crippen LogP) is 0.214. The van der Waals surface area contributed by atoms with Crippen LogP contribution in [0.1, 0.15) is 18.9 Å². The van der Waals surface area contributed by atoms with Crippen LogP contribution in [0, 0.1) is 0 Å². The third-order valence-electron chi connectivity index (χ3n) is 3.33. The SMILES string of the molecule is Cn1cc(C(C)(O)CNC(=O)NCCCn2cccn2)cn1. The molecule has 0 bridgehead atoms. The Labute approximate surface area is 129 Å². The number of amides is 2.